The SMILES string of the molecule is COCCOCC(O)CNc1ccc(Br)cc1F. The van der Waals surface area contributed by atoms with E-state index in [0.717, 1.165) is 0 Å². The lowest BCUT2D eigenvalue weighted by molar-refractivity contribution is 0.0182. The standard InChI is InChI=1S/C12H17BrFNO3/c1-17-4-5-18-8-10(16)7-15-12-3-2-9(13)6-11(12)14/h2-3,6,10,15-16H,4-5,7-8H2,1H3. The number of aliphatic hydroxyl groups excluding tert-OH is 1. The Morgan fingerprint density at radius 2 is 2.22 bits per heavy atom. The summed E-state index contributed by atoms with van der Waals surface area (Å²) < 4.78 is 24.1. The van der Waals surface area contributed by atoms with Gasteiger partial charge in [-0.05, 0) is 18.2 Å². The molecule has 0 fully saturated rings. The van der Waals surface area contributed by atoms with E-state index in [-0.39, 0.29) is 19.0 Å². The Hall–Kier alpha value is -0.690. The Bertz CT molecular complexity index is 365. The summed E-state index contributed by atoms with van der Waals surface area (Å²) in [5, 5.41) is 12.4. The van der Waals surface area contributed by atoms with Crippen molar-refractivity contribution >= 4 is 21.6 Å². The van der Waals surface area contributed by atoms with Crippen molar-refractivity contribution in [3.8, 4) is 0 Å². The molecule has 1 rings (SSSR count). The normalized spacial score (nSPS) is 12.4. The van der Waals surface area contributed by atoms with E-state index in [1.165, 1.54) is 6.07 Å². The van der Waals surface area contributed by atoms with Gasteiger partial charge in [0.1, 0.15) is 5.82 Å². The average molecular weight is 322 g/mol. The molecule has 0 spiro atoms. The van der Waals surface area contributed by atoms with Crippen molar-refractivity contribution < 1.29 is 19.0 Å². The molecule has 2 N–H and O–H groups in total. The van der Waals surface area contributed by atoms with E-state index < -0.39 is 6.10 Å². The summed E-state index contributed by atoms with van der Waals surface area (Å²) in [6, 6.07) is 4.70. The van der Waals surface area contributed by atoms with E-state index in [9.17, 15) is 9.50 Å². The van der Waals surface area contributed by atoms with E-state index in [0.29, 0.717) is 23.4 Å². The highest BCUT2D eigenvalue weighted by atomic mass is 79.9. The molecule has 6 heteroatoms. The first-order valence-corrected chi connectivity index (χ1v) is 6.36. The van der Waals surface area contributed by atoms with Crippen LogP contribution in [0.1, 0.15) is 0 Å². The maximum atomic E-state index is 13.4. The zero-order valence-electron chi connectivity index (χ0n) is 10.2. The number of anilines is 1. The van der Waals surface area contributed by atoms with Crippen molar-refractivity contribution in [1.82, 2.24) is 0 Å². The third kappa shape index (κ3) is 5.77. The predicted molar refractivity (Wildman–Crippen MR) is 71.3 cm³/mol. The third-order valence-corrected chi connectivity index (χ3v) is 2.69. The van der Waals surface area contributed by atoms with Gasteiger partial charge in [-0.15, -0.1) is 0 Å². The van der Waals surface area contributed by atoms with Crippen molar-refractivity contribution in [2.75, 3.05) is 38.8 Å². The van der Waals surface area contributed by atoms with Gasteiger partial charge in [0.15, 0.2) is 0 Å². The molecule has 1 atom stereocenters. The van der Waals surface area contributed by atoms with Crippen LogP contribution in [0.4, 0.5) is 10.1 Å². The van der Waals surface area contributed by atoms with Gasteiger partial charge >= 0.3 is 0 Å². The summed E-state index contributed by atoms with van der Waals surface area (Å²) in [7, 11) is 1.58. The molecular formula is C12H17BrFNO3. The number of nitrogens with one attached hydrogen (secondary N) is 1. The number of methoxy groups -OCH3 is 1. The van der Waals surface area contributed by atoms with Gasteiger partial charge in [-0.1, -0.05) is 15.9 Å². The van der Waals surface area contributed by atoms with E-state index in [2.05, 4.69) is 21.2 Å². The topological polar surface area (TPSA) is 50.7 Å². The number of halogens is 2. The van der Waals surface area contributed by atoms with Gasteiger partial charge in [0.2, 0.25) is 0 Å². The van der Waals surface area contributed by atoms with Crippen LogP contribution >= 0.6 is 15.9 Å². The quantitative estimate of drug-likeness (QED) is 0.719. The van der Waals surface area contributed by atoms with E-state index in [4.69, 9.17) is 9.47 Å². The van der Waals surface area contributed by atoms with Gasteiger partial charge in [0.25, 0.3) is 0 Å². The molecular weight excluding hydrogens is 305 g/mol. The molecule has 1 aromatic rings. The Morgan fingerprint density at radius 1 is 1.44 bits per heavy atom. The van der Waals surface area contributed by atoms with E-state index >= 15 is 0 Å². The maximum absolute atomic E-state index is 13.4. The first-order valence-electron chi connectivity index (χ1n) is 5.57. The van der Waals surface area contributed by atoms with Crippen LogP contribution in [0.3, 0.4) is 0 Å². The highest BCUT2D eigenvalue weighted by Crippen LogP contribution is 2.19. The molecule has 0 radical (unpaired) electrons. The van der Waals surface area contributed by atoms with Crippen molar-refractivity contribution in [1.29, 1.82) is 0 Å². The van der Waals surface area contributed by atoms with Crippen LogP contribution in [0.2, 0.25) is 0 Å². The molecule has 102 valence electrons. The number of hydrogen-bond donors (Lipinski definition) is 2. The lowest BCUT2D eigenvalue weighted by Crippen LogP contribution is -2.25. The largest absolute Gasteiger partial charge is 0.389 e. The summed E-state index contributed by atoms with van der Waals surface area (Å²) in [6.45, 7) is 1.34. The van der Waals surface area contributed by atoms with Crippen molar-refractivity contribution in [3.63, 3.8) is 0 Å². The van der Waals surface area contributed by atoms with Crippen LogP contribution in [0.25, 0.3) is 0 Å². The predicted octanol–water partition coefficient (Wildman–Crippen LogP) is 2.02. The first-order chi connectivity index (χ1) is 8.63. The molecule has 0 aliphatic heterocycles. The Balaban J connectivity index is 2.27. The van der Waals surface area contributed by atoms with Crippen LogP contribution in [-0.4, -0.2) is 44.7 Å². The minimum atomic E-state index is -0.690. The molecule has 0 saturated heterocycles. The van der Waals surface area contributed by atoms with Crippen LogP contribution in [0, 0.1) is 5.82 Å². The first kappa shape index (κ1) is 15.4. The van der Waals surface area contributed by atoms with E-state index in [1.807, 2.05) is 0 Å². The number of aliphatic hydroxyl groups is 1. The monoisotopic (exact) mass is 321 g/mol. The zero-order valence-corrected chi connectivity index (χ0v) is 11.7. The summed E-state index contributed by atoms with van der Waals surface area (Å²) >= 11 is 3.18. The van der Waals surface area contributed by atoms with Gasteiger partial charge in [-0.25, -0.2) is 4.39 Å². The summed E-state index contributed by atoms with van der Waals surface area (Å²) in [6.07, 6.45) is -0.690. The lowest BCUT2D eigenvalue weighted by atomic mass is 10.3. The molecule has 0 bridgehead atoms. The molecule has 0 aliphatic rings. The fraction of sp³-hybridized carbons (Fsp3) is 0.500. The van der Waals surface area contributed by atoms with Crippen molar-refractivity contribution in [2.24, 2.45) is 0 Å². The molecule has 1 unspecified atom stereocenters. The van der Waals surface area contributed by atoms with Crippen molar-refractivity contribution in [2.45, 2.75) is 6.10 Å². The third-order valence-electron chi connectivity index (χ3n) is 2.20. The molecule has 0 aliphatic carbocycles. The molecule has 4 nitrogen and oxygen atoms in total. The highest BCUT2D eigenvalue weighted by Gasteiger charge is 2.07. The second-order valence-electron chi connectivity index (χ2n) is 3.73. The Labute approximate surface area is 114 Å². The van der Waals surface area contributed by atoms with Gasteiger partial charge < -0.3 is 19.9 Å². The maximum Gasteiger partial charge on any atom is 0.147 e. The Morgan fingerprint density at radius 3 is 2.89 bits per heavy atom. The van der Waals surface area contributed by atoms with Crippen LogP contribution < -0.4 is 5.32 Å². The van der Waals surface area contributed by atoms with E-state index in [1.54, 1.807) is 19.2 Å². The van der Waals surface area contributed by atoms with Crippen LogP contribution in [0.15, 0.2) is 22.7 Å². The molecule has 0 saturated carbocycles. The second-order valence-corrected chi connectivity index (χ2v) is 4.64. The highest BCUT2D eigenvalue weighted by molar-refractivity contribution is 9.10. The molecule has 18 heavy (non-hydrogen) atoms. The summed E-state index contributed by atoms with van der Waals surface area (Å²) in [4.78, 5) is 0. The summed E-state index contributed by atoms with van der Waals surface area (Å²) in [5.74, 6) is -0.364. The average Bonchev–Trinajstić information content (AvgIpc) is 2.33. The fourth-order valence-electron chi connectivity index (χ4n) is 1.28. The second kappa shape index (κ2) is 8.42. The number of hydrogen-bond acceptors (Lipinski definition) is 4. The fourth-order valence-corrected chi connectivity index (χ4v) is 1.61. The van der Waals surface area contributed by atoms with Gasteiger partial charge in [-0.2, -0.15) is 0 Å². The smallest absolute Gasteiger partial charge is 0.147 e. The van der Waals surface area contributed by atoms with Crippen LogP contribution in [-0.2, 0) is 9.47 Å². The molecule has 0 amide bonds. The Kier molecular flexibility index (Phi) is 7.19. The van der Waals surface area contributed by atoms with Crippen molar-refractivity contribution in [3.05, 3.63) is 28.5 Å². The molecule has 0 aromatic heterocycles. The zero-order chi connectivity index (χ0) is 13.4. The van der Waals surface area contributed by atoms with Gasteiger partial charge in [0.05, 0.1) is 31.6 Å². The number of benzene rings is 1. The minimum absolute atomic E-state index is 0.189. The number of rotatable bonds is 8. The van der Waals surface area contributed by atoms with Crippen LogP contribution in [0.5, 0.6) is 0 Å². The van der Waals surface area contributed by atoms with Gasteiger partial charge in [0, 0.05) is 18.1 Å². The summed E-state index contributed by atoms with van der Waals surface area (Å²) in [5.41, 5.74) is 0.356. The van der Waals surface area contributed by atoms with Gasteiger partial charge in [-0.3, -0.25) is 0 Å². The number of ether oxygens (including phenoxy) is 2. The molecule has 1 aromatic carbocycles. The molecule has 0 heterocycles. The minimum Gasteiger partial charge on any atom is -0.389 e. The lowest BCUT2D eigenvalue weighted by Gasteiger charge is -2.13.